The Hall–Kier alpha value is -3.19. The molecule has 0 spiro atoms. The third-order valence-electron chi connectivity index (χ3n) is 5.05. The normalized spacial score (nSPS) is 17.9. The van der Waals surface area contributed by atoms with E-state index in [0.717, 1.165) is 16.0 Å². The number of ether oxygens (including phenoxy) is 1. The van der Waals surface area contributed by atoms with E-state index in [-0.39, 0.29) is 31.4 Å². The highest BCUT2D eigenvalue weighted by Gasteiger charge is 2.38. The number of cyclic esters (lactones) is 1. The second kappa shape index (κ2) is 10.0. The van der Waals surface area contributed by atoms with Crippen molar-refractivity contribution in [1.82, 2.24) is 10.2 Å². The Kier molecular flexibility index (Phi) is 7.19. The van der Waals surface area contributed by atoms with Crippen LogP contribution in [-0.2, 0) is 20.7 Å². The van der Waals surface area contributed by atoms with Crippen molar-refractivity contribution in [3.63, 3.8) is 0 Å². The summed E-state index contributed by atoms with van der Waals surface area (Å²) in [5, 5.41) is 13.0. The molecule has 0 aliphatic carbocycles. The summed E-state index contributed by atoms with van der Waals surface area (Å²) in [5.41, 5.74) is 1.92. The van der Waals surface area contributed by atoms with Gasteiger partial charge in [0, 0.05) is 0 Å². The molecule has 3 rings (SSSR count). The van der Waals surface area contributed by atoms with Gasteiger partial charge in [-0.15, -0.1) is 0 Å². The van der Waals surface area contributed by atoms with Crippen LogP contribution in [0.3, 0.4) is 0 Å². The van der Waals surface area contributed by atoms with Crippen LogP contribution in [0, 0.1) is 0 Å². The molecule has 0 radical (unpaired) electrons. The van der Waals surface area contributed by atoms with Gasteiger partial charge < -0.3 is 15.2 Å². The third kappa shape index (κ3) is 5.67. The molecule has 7 nitrogen and oxygen atoms in total. The molecule has 1 aliphatic rings. The lowest BCUT2D eigenvalue weighted by molar-refractivity contribution is -0.132. The molecule has 30 heavy (non-hydrogen) atoms. The number of hydrogen-bond donors (Lipinski definition) is 2. The zero-order valence-electron chi connectivity index (χ0n) is 16.9. The molecule has 2 aromatic carbocycles. The smallest absolute Gasteiger partial charge is 0.416 e. The molecule has 1 heterocycles. The Morgan fingerprint density at radius 3 is 2.40 bits per heavy atom. The number of amides is 3. The number of hydrogen-bond acceptors (Lipinski definition) is 5. The van der Waals surface area contributed by atoms with E-state index in [1.54, 1.807) is 0 Å². The summed E-state index contributed by atoms with van der Waals surface area (Å²) in [6, 6.07) is 18.3. The second-order valence-corrected chi connectivity index (χ2v) is 7.45. The highest BCUT2D eigenvalue weighted by atomic mass is 16.6. The molecule has 7 heteroatoms. The van der Waals surface area contributed by atoms with Crippen molar-refractivity contribution < 1.29 is 24.2 Å². The monoisotopic (exact) mass is 410 g/mol. The topological polar surface area (TPSA) is 95.9 Å². The maximum absolute atomic E-state index is 12.6. The minimum atomic E-state index is -1.19. The van der Waals surface area contributed by atoms with E-state index >= 15 is 0 Å². The van der Waals surface area contributed by atoms with Crippen molar-refractivity contribution in [1.29, 1.82) is 0 Å². The van der Waals surface area contributed by atoms with Crippen molar-refractivity contribution in [3.8, 4) is 0 Å². The van der Waals surface area contributed by atoms with Gasteiger partial charge in [-0.1, -0.05) is 60.7 Å². The zero-order valence-corrected chi connectivity index (χ0v) is 16.9. The Morgan fingerprint density at radius 1 is 1.10 bits per heavy atom. The molecular formula is C23H26N2O5. The lowest BCUT2D eigenvalue weighted by Gasteiger charge is -2.21. The number of nitrogens with one attached hydrogen (secondary N) is 1. The molecule has 3 atom stereocenters. The van der Waals surface area contributed by atoms with E-state index in [0.29, 0.717) is 6.42 Å². The molecule has 0 saturated carbocycles. The van der Waals surface area contributed by atoms with Crippen molar-refractivity contribution in [2.24, 2.45) is 0 Å². The highest BCUT2D eigenvalue weighted by molar-refractivity contribution is 5.94. The number of nitrogens with zero attached hydrogens (tertiary/aromatic N) is 1. The first-order valence-corrected chi connectivity index (χ1v) is 9.99. The summed E-state index contributed by atoms with van der Waals surface area (Å²) >= 11 is 0. The molecule has 0 aromatic heterocycles. The highest BCUT2D eigenvalue weighted by Crippen LogP contribution is 2.19. The first-order chi connectivity index (χ1) is 14.4. The predicted octanol–water partition coefficient (Wildman–Crippen LogP) is 2.59. The average molecular weight is 410 g/mol. The van der Waals surface area contributed by atoms with E-state index in [9.17, 15) is 19.5 Å². The number of aliphatic hydroxyl groups is 1. The second-order valence-electron chi connectivity index (χ2n) is 7.45. The van der Waals surface area contributed by atoms with Gasteiger partial charge in [-0.05, 0) is 24.5 Å². The first kappa shape index (κ1) is 21.5. The number of rotatable bonds is 8. The van der Waals surface area contributed by atoms with Crippen LogP contribution in [0.2, 0.25) is 0 Å². The molecule has 2 N–H and O–H groups in total. The van der Waals surface area contributed by atoms with Crippen LogP contribution in [0.15, 0.2) is 60.7 Å². The minimum absolute atomic E-state index is 0.116. The number of aliphatic hydroxyl groups excluding tert-OH is 1. The standard InChI is InChI=1S/C23H26N2O5/c1-16(18-10-6-3-7-11-18)24-21(27)13-20(26)14-22(28)25-19(15-30-23(25)29)12-17-8-4-2-5-9-17/h2-11,16,19-20,26H,12-15H2,1H3,(H,24,27)/t16-,19-,20-/m0/s1. The molecule has 0 unspecified atom stereocenters. The van der Waals surface area contributed by atoms with E-state index in [1.165, 1.54) is 0 Å². The maximum atomic E-state index is 12.6. The summed E-state index contributed by atoms with van der Waals surface area (Å²) < 4.78 is 5.04. The Bertz CT molecular complexity index is 872. The van der Waals surface area contributed by atoms with E-state index in [4.69, 9.17) is 4.74 Å². The van der Waals surface area contributed by atoms with Gasteiger partial charge in [0.05, 0.1) is 31.0 Å². The minimum Gasteiger partial charge on any atom is -0.447 e. The fraction of sp³-hybridized carbons (Fsp3) is 0.348. The van der Waals surface area contributed by atoms with Gasteiger partial charge in [-0.25, -0.2) is 9.69 Å². The molecule has 3 amide bonds. The van der Waals surface area contributed by atoms with Gasteiger partial charge in [0.2, 0.25) is 11.8 Å². The fourth-order valence-corrected chi connectivity index (χ4v) is 3.51. The van der Waals surface area contributed by atoms with E-state index < -0.39 is 24.1 Å². The lowest BCUT2D eigenvalue weighted by atomic mass is 10.0. The molecule has 1 fully saturated rings. The molecule has 158 valence electrons. The van der Waals surface area contributed by atoms with Crippen LogP contribution in [0.5, 0.6) is 0 Å². The number of benzene rings is 2. The van der Waals surface area contributed by atoms with Crippen LogP contribution in [0.25, 0.3) is 0 Å². The number of imide groups is 1. The SMILES string of the molecule is C[C@H](NC(=O)C[C@H](O)CC(=O)N1C(=O)OC[C@@H]1Cc1ccccc1)c1ccccc1. The summed E-state index contributed by atoms with van der Waals surface area (Å²) in [6.07, 6.45) is -1.98. The molecular weight excluding hydrogens is 384 g/mol. The number of carbonyl (C=O) groups excluding carboxylic acids is 3. The Balaban J connectivity index is 1.52. The van der Waals surface area contributed by atoms with Crippen molar-refractivity contribution >= 4 is 17.9 Å². The van der Waals surface area contributed by atoms with Crippen LogP contribution >= 0.6 is 0 Å². The van der Waals surface area contributed by atoms with Crippen LogP contribution in [0.1, 0.15) is 36.9 Å². The largest absolute Gasteiger partial charge is 0.447 e. The van der Waals surface area contributed by atoms with Gasteiger partial charge in [-0.2, -0.15) is 0 Å². The van der Waals surface area contributed by atoms with Crippen LogP contribution < -0.4 is 5.32 Å². The third-order valence-corrected chi connectivity index (χ3v) is 5.05. The quantitative estimate of drug-likeness (QED) is 0.697. The molecule has 1 aliphatic heterocycles. The van der Waals surface area contributed by atoms with Gasteiger partial charge in [0.15, 0.2) is 0 Å². The molecule has 0 bridgehead atoms. The van der Waals surface area contributed by atoms with E-state index in [2.05, 4.69) is 5.32 Å². The van der Waals surface area contributed by atoms with Crippen molar-refractivity contribution in [2.75, 3.05) is 6.61 Å². The predicted molar refractivity (Wildman–Crippen MR) is 110 cm³/mol. The molecule has 1 saturated heterocycles. The van der Waals surface area contributed by atoms with Gasteiger partial charge in [0.1, 0.15) is 6.61 Å². The average Bonchev–Trinajstić information content (AvgIpc) is 3.09. The Labute approximate surface area is 175 Å². The van der Waals surface area contributed by atoms with Crippen molar-refractivity contribution in [2.45, 2.75) is 44.4 Å². The van der Waals surface area contributed by atoms with Crippen molar-refractivity contribution in [3.05, 3.63) is 71.8 Å². The summed E-state index contributed by atoms with van der Waals surface area (Å²) in [7, 11) is 0. The molecule has 2 aromatic rings. The van der Waals surface area contributed by atoms with Crippen LogP contribution in [-0.4, -0.2) is 46.7 Å². The van der Waals surface area contributed by atoms with Gasteiger partial charge in [-0.3, -0.25) is 9.59 Å². The van der Waals surface area contributed by atoms with Gasteiger partial charge >= 0.3 is 6.09 Å². The fourth-order valence-electron chi connectivity index (χ4n) is 3.51. The summed E-state index contributed by atoms with van der Waals surface area (Å²) in [5.74, 6) is -0.911. The summed E-state index contributed by atoms with van der Waals surface area (Å²) in [4.78, 5) is 37.9. The maximum Gasteiger partial charge on any atom is 0.416 e. The summed E-state index contributed by atoms with van der Waals surface area (Å²) in [6.45, 7) is 1.96. The van der Waals surface area contributed by atoms with E-state index in [1.807, 2.05) is 67.6 Å². The van der Waals surface area contributed by atoms with Gasteiger partial charge in [0.25, 0.3) is 0 Å². The Morgan fingerprint density at radius 2 is 1.73 bits per heavy atom. The zero-order chi connectivity index (χ0) is 21.5. The number of carbonyl (C=O) groups is 3. The first-order valence-electron chi connectivity index (χ1n) is 9.99. The van der Waals surface area contributed by atoms with Crippen LogP contribution in [0.4, 0.5) is 4.79 Å². The lowest BCUT2D eigenvalue weighted by Crippen LogP contribution is -2.42.